The maximum Gasteiger partial charge on any atom is 0.211 e. The molecule has 140 valence electrons. The first-order valence-electron chi connectivity index (χ1n) is 9.02. The molecule has 3 rings (SSSR count). The van der Waals surface area contributed by atoms with E-state index in [-0.39, 0.29) is 34.5 Å². The second kappa shape index (κ2) is 6.50. The van der Waals surface area contributed by atoms with Crippen LogP contribution in [0.5, 0.6) is 0 Å². The van der Waals surface area contributed by atoms with Gasteiger partial charge in [-0.2, -0.15) is 7.05 Å². The third-order valence-corrected chi connectivity index (χ3v) is 7.47. The number of hydrogen-bond acceptors (Lipinski definition) is 2. The molecule has 0 spiro atoms. The Balaban J connectivity index is 2.24. The van der Waals surface area contributed by atoms with Crippen molar-refractivity contribution in [3.05, 3.63) is 49.0 Å². The number of alkyl halides is 1. The first-order chi connectivity index (χ1) is 12.2. The highest BCUT2D eigenvalue weighted by atomic mass is 35.5. The molecular weight excluding hydrogens is 348 g/mol. The predicted molar refractivity (Wildman–Crippen MR) is 104 cm³/mol. The average molecular weight is 375 g/mol. The molecule has 0 aromatic heterocycles. The highest BCUT2D eigenvalue weighted by Crippen LogP contribution is 2.55. The molecule has 1 fully saturated rings. The summed E-state index contributed by atoms with van der Waals surface area (Å²) in [5.74, 6) is -0.0640. The van der Waals surface area contributed by atoms with E-state index in [2.05, 4.69) is 39.7 Å². The van der Waals surface area contributed by atoms with Crippen molar-refractivity contribution in [3.63, 3.8) is 0 Å². The van der Waals surface area contributed by atoms with Crippen LogP contribution >= 0.6 is 11.6 Å². The number of carbonyl (C=O) groups is 2. The Bertz CT molecular complexity index is 760. The Labute approximate surface area is 160 Å². The molecule has 2 aliphatic carbocycles. The molecule has 1 amide bonds. The lowest BCUT2D eigenvalue weighted by Crippen LogP contribution is -2.92. The van der Waals surface area contributed by atoms with Gasteiger partial charge in [-0.3, -0.25) is 9.59 Å². The summed E-state index contributed by atoms with van der Waals surface area (Å²) in [6.07, 6.45) is 3.23. The van der Waals surface area contributed by atoms with Crippen molar-refractivity contribution >= 4 is 29.5 Å². The summed E-state index contributed by atoms with van der Waals surface area (Å²) in [4.78, 5) is 24.7. The van der Waals surface area contributed by atoms with Gasteiger partial charge in [-0.15, -0.1) is 18.2 Å². The van der Waals surface area contributed by atoms with Crippen LogP contribution in [0.2, 0.25) is 0 Å². The second-order valence-corrected chi connectivity index (χ2v) is 8.77. The summed E-state index contributed by atoms with van der Waals surface area (Å²) < 4.78 is 0. The number of nitrogens with one attached hydrogen (secondary N) is 1. The van der Waals surface area contributed by atoms with Crippen molar-refractivity contribution in [2.24, 2.45) is 17.3 Å². The van der Waals surface area contributed by atoms with Crippen molar-refractivity contribution in [3.8, 4) is 0 Å². The van der Waals surface area contributed by atoms with Crippen LogP contribution in [0.15, 0.2) is 30.9 Å². The lowest BCUT2D eigenvalue weighted by atomic mass is 9.50. The van der Waals surface area contributed by atoms with Crippen LogP contribution in [0.4, 0.5) is 5.69 Å². The average Bonchev–Trinajstić information content (AvgIpc) is 2.61. The molecule has 0 radical (unpaired) electrons. The van der Waals surface area contributed by atoms with Crippen LogP contribution in [-0.2, 0) is 10.2 Å². The van der Waals surface area contributed by atoms with Gasteiger partial charge in [-0.05, 0) is 36.3 Å². The molecule has 0 bridgehead atoms. The molecule has 5 atom stereocenters. The molecule has 1 saturated carbocycles. The van der Waals surface area contributed by atoms with Crippen LogP contribution in [-0.4, -0.2) is 23.6 Å². The minimum Gasteiger partial charge on any atom is -0.475 e. The van der Waals surface area contributed by atoms with Crippen molar-refractivity contribution < 1.29 is 14.9 Å². The Kier molecular flexibility index (Phi) is 4.78. The molecule has 26 heavy (non-hydrogen) atoms. The topological polar surface area (TPSA) is 62.8 Å². The molecule has 5 heteroatoms. The van der Waals surface area contributed by atoms with E-state index in [1.165, 1.54) is 0 Å². The molecule has 0 saturated heterocycles. The second-order valence-electron chi connectivity index (χ2n) is 8.24. The standard InChI is InChI=1S/C21H27ClN2O2/c1-6-21(4)15(22)10-13-17(19(21)23-5)18(26)16-12(20(13,2)3)8-7-9-14(16)24-11-25/h6-9,11,13,15,17,19H,1,5,10,23H2,2-4H3,(H,24,25). The van der Waals surface area contributed by atoms with Gasteiger partial charge >= 0.3 is 0 Å². The number of anilines is 1. The summed E-state index contributed by atoms with van der Waals surface area (Å²) in [6, 6.07) is 5.56. The molecule has 5 unspecified atom stereocenters. The van der Waals surface area contributed by atoms with Crippen LogP contribution < -0.4 is 10.6 Å². The molecule has 3 N–H and O–H groups in total. The van der Waals surface area contributed by atoms with Gasteiger partial charge in [-0.1, -0.05) is 32.1 Å². The highest BCUT2D eigenvalue weighted by molar-refractivity contribution is 6.21. The van der Waals surface area contributed by atoms with Gasteiger partial charge in [0.2, 0.25) is 6.41 Å². The van der Waals surface area contributed by atoms with Crippen LogP contribution in [0, 0.1) is 24.3 Å². The number of halogens is 1. The zero-order chi connectivity index (χ0) is 19.3. The third-order valence-electron chi connectivity index (χ3n) is 6.82. The van der Waals surface area contributed by atoms with Crippen molar-refractivity contribution in [2.75, 3.05) is 5.32 Å². The van der Waals surface area contributed by atoms with Gasteiger partial charge in [0.15, 0.2) is 5.78 Å². The SMILES string of the molecule is C=CC1(C)C(Cl)CC2C(C(=O)c3c(NC=O)cccc3C2(C)C)C1[NH2+][CH2-]. The van der Waals surface area contributed by atoms with Gasteiger partial charge in [0.25, 0.3) is 0 Å². The summed E-state index contributed by atoms with van der Waals surface area (Å²) in [5.41, 5.74) is 1.53. The smallest absolute Gasteiger partial charge is 0.211 e. The molecule has 0 heterocycles. The number of amides is 1. The molecule has 0 aliphatic heterocycles. The van der Waals surface area contributed by atoms with E-state index >= 15 is 0 Å². The first kappa shape index (κ1) is 19.1. The molecular formula is C21H27ClN2O2. The lowest BCUT2D eigenvalue weighted by molar-refractivity contribution is -0.656. The largest absolute Gasteiger partial charge is 0.475 e. The molecule has 2 aliphatic rings. The van der Waals surface area contributed by atoms with E-state index in [0.29, 0.717) is 17.7 Å². The van der Waals surface area contributed by atoms with E-state index < -0.39 is 5.41 Å². The number of ketones is 1. The Morgan fingerprint density at radius 1 is 1.38 bits per heavy atom. The maximum absolute atomic E-state index is 13.6. The van der Waals surface area contributed by atoms with Gasteiger partial charge in [0.1, 0.15) is 0 Å². The number of rotatable bonds is 4. The Morgan fingerprint density at radius 3 is 2.65 bits per heavy atom. The van der Waals surface area contributed by atoms with Crippen LogP contribution in [0.1, 0.15) is 43.1 Å². The first-order valence-corrected chi connectivity index (χ1v) is 9.45. The third kappa shape index (κ3) is 2.46. The molecule has 1 aromatic carbocycles. The van der Waals surface area contributed by atoms with Crippen LogP contribution in [0.3, 0.4) is 0 Å². The Morgan fingerprint density at radius 2 is 2.08 bits per heavy atom. The van der Waals surface area contributed by atoms with Crippen molar-refractivity contribution in [1.82, 2.24) is 0 Å². The zero-order valence-corrected chi connectivity index (χ0v) is 16.3. The number of nitrogens with two attached hydrogens (primary N) is 1. The maximum atomic E-state index is 13.6. The summed E-state index contributed by atoms with van der Waals surface area (Å²) in [7, 11) is 4.02. The number of fused-ring (bicyclic) bond motifs is 2. The zero-order valence-electron chi connectivity index (χ0n) is 15.6. The highest BCUT2D eigenvalue weighted by Gasteiger charge is 2.60. The number of hydrogen-bond donors (Lipinski definition) is 2. The van der Waals surface area contributed by atoms with Gasteiger partial charge in [0.05, 0.1) is 23.1 Å². The fourth-order valence-corrected chi connectivity index (χ4v) is 5.55. The van der Waals surface area contributed by atoms with E-state index in [1.807, 2.05) is 23.5 Å². The van der Waals surface area contributed by atoms with Gasteiger partial charge in [0, 0.05) is 10.9 Å². The lowest BCUT2D eigenvalue weighted by Gasteiger charge is -2.56. The van der Waals surface area contributed by atoms with E-state index in [4.69, 9.17) is 11.6 Å². The molecule has 1 aromatic rings. The molecule has 4 nitrogen and oxygen atoms in total. The van der Waals surface area contributed by atoms with E-state index in [9.17, 15) is 9.59 Å². The fraction of sp³-hybridized carbons (Fsp3) is 0.476. The Hall–Kier alpha value is -1.65. The normalized spacial score (nSPS) is 35.2. The number of Topliss-reactive ketones (excluding diaryl/α,β-unsaturated/α-hetero) is 1. The minimum absolute atomic E-state index is 0.0656. The summed E-state index contributed by atoms with van der Waals surface area (Å²) >= 11 is 6.81. The van der Waals surface area contributed by atoms with Crippen molar-refractivity contribution in [2.45, 2.75) is 44.0 Å². The minimum atomic E-state index is -0.402. The quantitative estimate of drug-likeness (QED) is 0.368. The predicted octanol–water partition coefficient (Wildman–Crippen LogP) is 2.89. The van der Waals surface area contributed by atoms with E-state index in [1.54, 1.807) is 6.07 Å². The summed E-state index contributed by atoms with van der Waals surface area (Å²) in [6.45, 7) is 10.4. The number of carbonyl (C=O) groups excluding carboxylic acids is 2. The number of quaternary nitrogens is 1. The van der Waals surface area contributed by atoms with Crippen LogP contribution in [0.25, 0.3) is 0 Å². The van der Waals surface area contributed by atoms with Gasteiger partial charge in [-0.25, -0.2) is 0 Å². The number of benzene rings is 1. The van der Waals surface area contributed by atoms with E-state index in [0.717, 1.165) is 12.0 Å². The van der Waals surface area contributed by atoms with Crippen molar-refractivity contribution in [1.29, 1.82) is 0 Å². The fourth-order valence-electron chi connectivity index (χ4n) is 5.13. The van der Waals surface area contributed by atoms with Gasteiger partial charge < -0.3 is 10.6 Å². The summed E-state index contributed by atoms with van der Waals surface area (Å²) in [5, 5.41) is 4.45. The monoisotopic (exact) mass is 374 g/mol.